The van der Waals surface area contributed by atoms with Gasteiger partial charge >= 0.3 is 0 Å². The minimum atomic E-state index is -3.63. The molecule has 0 saturated heterocycles. The van der Waals surface area contributed by atoms with E-state index in [0.29, 0.717) is 35.4 Å². The smallest absolute Gasteiger partial charge is 0.242 e. The minimum Gasteiger partial charge on any atom is -0.486 e. The third-order valence-corrected chi connectivity index (χ3v) is 7.34. The van der Waals surface area contributed by atoms with Gasteiger partial charge in [0.15, 0.2) is 11.5 Å². The molecule has 0 spiro atoms. The fourth-order valence-electron chi connectivity index (χ4n) is 4.03. The van der Waals surface area contributed by atoms with Gasteiger partial charge in [-0.15, -0.1) is 0 Å². The monoisotopic (exact) mass is 565 g/mol. The molecule has 11 heteroatoms. The Balaban J connectivity index is 1.74. The Bertz CT molecular complexity index is 1240. The second-order valence-electron chi connectivity index (χ2n) is 10.3. The van der Waals surface area contributed by atoms with E-state index in [1.807, 2.05) is 32.9 Å². The van der Waals surface area contributed by atoms with Crippen LogP contribution in [0.15, 0.2) is 42.5 Å². The van der Waals surface area contributed by atoms with Crippen molar-refractivity contribution in [3.63, 3.8) is 0 Å². The molecule has 0 aromatic heterocycles. The standard InChI is InChI=1S/C27H36ClN3O6S/c1-19(26(33)29-27(2,3)4)30(18-20-8-10-21(28)11-9-20)25(32)7-6-14-31(38(5,34)35)22-12-13-23-24(17-22)37-16-15-36-23/h8-13,17,19H,6-7,14-16,18H2,1-5H3,(H,29,33). The van der Waals surface area contributed by atoms with E-state index in [1.165, 1.54) is 9.21 Å². The second kappa shape index (κ2) is 12.3. The molecule has 0 aliphatic carbocycles. The molecule has 0 bridgehead atoms. The Morgan fingerprint density at radius 3 is 2.29 bits per heavy atom. The van der Waals surface area contributed by atoms with Crippen LogP contribution in [0.2, 0.25) is 5.02 Å². The van der Waals surface area contributed by atoms with Crippen LogP contribution in [0.25, 0.3) is 0 Å². The molecule has 1 heterocycles. The van der Waals surface area contributed by atoms with Gasteiger partial charge in [-0.1, -0.05) is 23.7 Å². The highest BCUT2D eigenvalue weighted by Gasteiger charge is 2.29. The van der Waals surface area contributed by atoms with Gasteiger partial charge in [0.1, 0.15) is 19.3 Å². The lowest BCUT2D eigenvalue weighted by atomic mass is 10.1. The lowest BCUT2D eigenvalue weighted by Gasteiger charge is -2.32. The summed E-state index contributed by atoms with van der Waals surface area (Å²) in [6, 6.07) is 11.3. The predicted molar refractivity (Wildman–Crippen MR) is 148 cm³/mol. The van der Waals surface area contributed by atoms with Crippen LogP contribution in [-0.4, -0.2) is 62.7 Å². The largest absolute Gasteiger partial charge is 0.486 e. The van der Waals surface area contributed by atoms with E-state index in [1.54, 1.807) is 37.3 Å². The van der Waals surface area contributed by atoms with Crippen molar-refractivity contribution < 1.29 is 27.5 Å². The van der Waals surface area contributed by atoms with Gasteiger partial charge in [-0.2, -0.15) is 0 Å². The van der Waals surface area contributed by atoms with Crippen LogP contribution in [0.4, 0.5) is 5.69 Å². The van der Waals surface area contributed by atoms with Gasteiger partial charge in [0.2, 0.25) is 21.8 Å². The zero-order valence-electron chi connectivity index (χ0n) is 22.5. The summed E-state index contributed by atoms with van der Waals surface area (Å²) in [4.78, 5) is 27.8. The summed E-state index contributed by atoms with van der Waals surface area (Å²) < 4.78 is 37.6. The number of fused-ring (bicyclic) bond motifs is 1. The first-order chi connectivity index (χ1) is 17.7. The van der Waals surface area contributed by atoms with Gasteiger partial charge in [-0.3, -0.25) is 13.9 Å². The van der Waals surface area contributed by atoms with E-state index in [9.17, 15) is 18.0 Å². The van der Waals surface area contributed by atoms with Gasteiger partial charge in [0, 0.05) is 36.1 Å². The van der Waals surface area contributed by atoms with Crippen LogP contribution in [0.1, 0.15) is 46.1 Å². The molecule has 2 aromatic carbocycles. The summed E-state index contributed by atoms with van der Waals surface area (Å²) >= 11 is 6.01. The van der Waals surface area contributed by atoms with Crippen LogP contribution in [-0.2, 0) is 26.2 Å². The molecule has 208 valence electrons. The van der Waals surface area contributed by atoms with Gasteiger partial charge in [-0.25, -0.2) is 8.42 Å². The average molecular weight is 566 g/mol. The Morgan fingerprint density at radius 2 is 1.68 bits per heavy atom. The molecule has 0 saturated carbocycles. The summed E-state index contributed by atoms with van der Waals surface area (Å²) in [6.07, 6.45) is 1.43. The number of amides is 2. The fourth-order valence-corrected chi connectivity index (χ4v) is 5.12. The number of benzene rings is 2. The van der Waals surface area contributed by atoms with E-state index in [4.69, 9.17) is 21.1 Å². The van der Waals surface area contributed by atoms with Gasteiger partial charge in [0.05, 0.1) is 11.9 Å². The lowest BCUT2D eigenvalue weighted by Crippen LogP contribution is -2.52. The number of halogens is 1. The summed E-state index contributed by atoms with van der Waals surface area (Å²) in [5, 5.41) is 3.50. The van der Waals surface area contributed by atoms with Crippen LogP contribution >= 0.6 is 11.6 Å². The second-order valence-corrected chi connectivity index (χ2v) is 12.7. The van der Waals surface area contributed by atoms with Crippen LogP contribution in [0.3, 0.4) is 0 Å². The van der Waals surface area contributed by atoms with E-state index < -0.39 is 21.6 Å². The average Bonchev–Trinajstić information content (AvgIpc) is 2.83. The number of sulfonamides is 1. The van der Waals surface area contributed by atoms with Crippen molar-refractivity contribution in [1.29, 1.82) is 0 Å². The highest BCUT2D eigenvalue weighted by molar-refractivity contribution is 7.92. The fraction of sp³-hybridized carbons (Fsp3) is 0.481. The molecule has 1 aliphatic rings. The van der Waals surface area contributed by atoms with E-state index in [-0.39, 0.29) is 37.7 Å². The zero-order chi connectivity index (χ0) is 28.1. The number of hydrogen-bond donors (Lipinski definition) is 1. The van der Waals surface area contributed by atoms with Gasteiger partial charge in [-0.05, 0) is 63.9 Å². The number of carbonyl (C=O) groups is 2. The van der Waals surface area contributed by atoms with Crippen molar-refractivity contribution in [2.75, 3.05) is 30.3 Å². The van der Waals surface area contributed by atoms with Crippen molar-refractivity contribution >= 4 is 39.1 Å². The van der Waals surface area contributed by atoms with Crippen LogP contribution in [0.5, 0.6) is 11.5 Å². The Kier molecular flexibility index (Phi) is 9.54. The van der Waals surface area contributed by atoms with E-state index in [2.05, 4.69) is 5.32 Å². The van der Waals surface area contributed by atoms with Crippen molar-refractivity contribution in [1.82, 2.24) is 10.2 Å². The Morgan fingerprint density at radius 1 is 1.05 bits per heavy atom. The maximum absolute atomic E-state index is 13.4. The summed E-state index contributed by atoms with van der Waals surface area (Å²) in [5.74, 6) is 0.510. The molecule has 38 heavy (non-hydrogen) atoms. The third-order valence-electron chi connectivity index (χ3n) is 5.90. The van der Waals surface area contributed by atoms with Crippen molar-refractivity contribution in [2.24, 2.45) is 0 Å². The summed E-state index contributed by atoms with van der Waals surface area (Å²) in [6.45, 7) is 8.43. The van der Waals surface area contributed by atoms with Crippen molar-refractivity contribution in [3.8, 4) is 11.5 Å². The normalized spacial score (nSPS) is 13.9. The van der Waals surface area contributed by atoms with Crippen LogP contribution in [0, 0.1) is 0 Å². The molecule has 1 unspecified atom stereocenters. The lowest BCUT2D eigenvalue weighted by molar-refractivity contribution is -0.141. The molecule has 3 rings (SSSR count). The number of nitrogens with zero attached hydrogens (tertiary/aromatic N) is 2. The Hall–Kier alpha value is -2.98. The quantitative estimate of drug-likeness (QED) is 0.467. The highest BCUT2D eigenvalue weighted by atomic mass is 35.5. The summed E-state index contributed by atoms with van der Waals surface area (Å²) in [5.41, 5.74) is 0.798. The molecule has 0 radical (unpaired) electrons. The molecule has 1 atom stereocenters. The van der Waals surface area contributed by atoms with Crippen molar-refractivity contribution in [2.45, 2.75) is 58.7 Å². The van der Waals surface area contributed by atoms with Crippen molar-refractivity contribution in [3.05, 3.63) is 53.1 Å². The van der Waals surface area contributed by atoms with E-state index in [0.717, 1.165) is 11.8 Å². The molecule has 2 amide bonds. The Labute approximate surface area is 230 Å². The van der Waals surface area contributed by atoms with Gasteiger partial charge in [0.25, 0.3) is 0 Å². The molecule has 0 fully saturated rings. The predicted octanol–water partition coefficient (Wildman–Crippen LogP) is 3.99. The number of carbonyl (C=O) groups excluding carboxylic acids is 2. The van der Waals surface area contributed by atoms with E-state index >= 15 is 0 Å². The maximum atomic E-state index is 13.4. The molecule has 9 nitrogen and oxygen atoms in total. The number of hydrogen-bond acceptors (Lipinski definition) is 6. The van der Waals surface area contributed by atoms with Crippen LogP contribution < -0.4 is 19.1 Å². The topological polar surface area (TPSA) is 105 Å². The maximum Gasteiger partial charge on any atom is 0.242 e. The highest BCUT2D eigenvalue weighted by Crippen LogP contribution is 2.34. The number of rotatable bonds is 10. The first kappa shape index (κ1) is 29.6. The minimum absolute atomic E-state index is 0.0529. The SMILES string of the molecule is CC(C(=O)NC(C)(C)C)N(Cc1ccc(Cl)cc1)C(=O)CCCN(c1ccc2c(c1)OCCO2)S(C)(=O)=O. The number of anilines is 1. The third kappa shape index (κ3) is 8.26. The van der Waals surface area contributed by atoms with Gasteiger partial charge < -0.3 is 19.7 Å². The molecular weight excluding hydrogens is 530 g/mol. The zero-order valence-corrected chi connectivity index (χ0v) is 24.1. The molecule has 1 aliphatic heterocycles. The number of ether oxygens (including phenoxy) is 2. The number of nitrogens with one attached hydrogen (secondary N) is 1. The first-order valence-electron chi connectivity index (χ1n) is 12.5. The molecular formula is C27H36ClN3O6S. The first-order valence-corrected chi connectivity index (χ1v) is 14.7. The molecule has 1 N–H and O–H groups in total. The summed E-state index contributed by atoms with van der Waals surface area (Å²) in [7, 11) is -3.63. The molecule has 2 aromatic rings.